The van der Waals surface area contributed by atoms with E-state index in [1.54, 1.807) is 25.4 Å². The Kier molecular flexibility index (Phi) is 7.69. The summed E-state index contributed by atoms with van der Waals surface area (Å²) in [6.45, 7) is 8.14. The number of hydrogen-bond acceptors (Lipinski definition) is 6. The summed E-state index contributed by atoms with van der Waals surface area (Å²) in [5, 5.41) is 2.98. The monoisotopic (exact) mass is 398 g/mol. The van der Waals surface area contributed by atoms with E-state index in [9.17, 15) is 4.79 Å². The lowest BCUT2D eigenvalue weighted by Crippen LogP contribution is -2.47. The molecule has 156 valence electrons. The van der Waals surface area contributed by atoms with Crippen molar-refractivity contribution in [1.29, 1.82) is 0 Å². The van der Waals surface area contributed by atoms with Crippen LogP contribution in [-0.2, 0) is 0 Å². The van der Waals surface area contributed by atoms with Gasteiger partial charge in [0.1, 0.15) is 5.75 Å². The average Bonchev–Trinajstić information content (AvgIpc) is 2.77. The topological polar surface area (TPSA) is 66.9 Å². The summed E-state index contributed by atoms with van der Waals surface area (Å²) in [5.74, 6) is 1.28. The molecule has 0 unspecified atom stereocenters. The number of carbonyl (C=O) groups is 1. The van der Waals surface area contributed by atoms with E-state index in [0.29, 0.717) is 24.6 Å². The van der Waals surface area contributed by atoms with Crippen LogP contribution in [0.5, 0.6) is 11.6 Å². The molecule has 1 aromatic carbocycles. The number of anilines is 1. The van der Waals surface area contributed by atoms with Gasteiger partial charge in [-0.2, -0.15) is 0 Å². The standard InChI is InChI=1S/C22H30N4O3/c1-3-29-21-17-18(9-11-23-21)22(27)24-10-4-12-25-13-15-26(16-14-25)19-5-7-20(28-2)8-6-19/h5-9,11,17H,3-4,10,12-16H2,1-2H3,(H,24,27). The zero-order valence-corrected chi connectivity index (χ0v) is 17.3. The Balaban J connectivity index is 1.35. The zero-order valence-electron chi connectivity index (χ0n) is 17.3. The number of piperazine rings is 1. The van der Waals surface area contributed by atoms with Gasteiger partial charge in [-0.15, -0.1) is 0 Å². The predicted molar refractivity (Wildman–Crippen MR) is 114 cm³/mol. The number of methoxy groups -OCH3 is 1. The number of pyridine rings is 1. The smallest absolute Gasteiger partial charge is 0.251 e. The molecule has 2 aromatic rings. The largest absolute Gasteiger partial charge is 0.497 e. The highest BCUT2D eigenvalue weighted by Gasteiger charge is 2.17. The van der Waals surface area contributed by atoms with Gasteiger partial charge in [-0.05, 0) is 50.2 Å². The van der Waals surface area contributed by atoms with Crippen molar-refractivity contribution in [2.75, 3.05) is 57.9 Å². The van der Waals surface area contributed by atoms with Crippen molar-refractivity contribution in [3.63, 3.8) is 0 Å². The minimum absolute atomic E-state index is 0.0855. The van der Waals surface area contributed by atoms with E-state index in [4.69, 9.17) is 9.47 Å². The van der Waals surface area contributed by atoms with Crippen molar-refractivity contribution in [1.82, 2.24) is 15.2 Å². The summed E-state index contributed by atoms with van der Waals surface area (Å²) in [5.41, 5.74) is 1.82. The van der Waals surface area contributed by atoms with Gasteiger partial charge < -0.3 is 19.7 Å². The van der Waals surface area contributed by atoms with Crippen LogP contribution in [0.25, 0.3) is 0 Å². The minimum atomic E-state index is -0.0855. The number of amides is 1. The van der Waals surface area contributed by atoms with Crippen LogP contribution >= 0.6 is 0 Å². The highest BCUT2D eigenvalue weighted by atomic mass is 16.5. The second-order valence-corrected chi connectivity index (χ2v) is 6.95. The molecule has 0 radical (unpaired) electrons. The maximum atomic E-state index is 12.3. The SMILES string of the molecule is CCOc1cc(C(=O)NCCCN2CCN(c3ccc(OC)cc3)CC2)ccn1. The number of benzene rings is 1. The molecule has 0 spiro atoms. The quantitative estimate of drug-likeness (QED) is 0.655. The summed E-state index contributed by atoms with van der Waals surface area (Å²) in [4.78, 5) is 21.2. The van der Waals surface area contributed by atoms with Gasteiger partial charge in [0.15, 0.2) is 0 Å². The first-order valence-electron chi connectivity index (χ1n) is 10.2. The Morgan fingerprint density at radius 2 is 1.90 bits per heavy atom. The molecule has 1 fully saturated rings. The number of aromatic nitrogens is 1. The molecule has 1 saturated heterocycles. The molecule has 0 bridgehead atoms. The summed E-state index contributed by atoms with van der Waals surface area (Å²) in [6, 6.07) is 11.6. The number of rotatable bonds is 9. The first-order valence-corrected chi connectivity index (χ1v) is 10.2. The molecule has 1 amide bonds. The molecule has 2 heterocycles. The van der Waals surface area contributed by atoms with Crippen LogP contribution < -0.4 is 19.7 Å². The highest BCUT2D eigenvalue weighted by molar-refractivity contribution is 5.94. The van der Waals surface area contributed by atoms with Gasteiger partial charge in [0.05, 0.1) is 13.7 Å². The zero-order chi connectivity index (χ0) is 20.5. The van der Waals surface area contributed by atoms with E-state index in [0.717, 1.165) is 44.9 Å². The maximum Gasteiger partial charge on any atom is 0.251 e. The van der Waals surface area contributed by atoms with Crippen LogP contribution in [0.4, 0.5) is 5.69 Å². The lowest BCUT2D eigenvalue weighted by molar-refractivity contribution is 0.0950. The van der Waals surface area contributed by atoms with E-state index >= 15 is 0 Å². The number of nitrogens with zero attached hydrogens (tertiary/aromatic N) is 3. The lowest BCUT2D eigenvalue weighted by Gasteiger charge is -2.36. The number of ether oxygens (including phenoxy) is 2. The Morgan fingerprint density at radius 3 is 2.59 bits per heavy atom. The lowest BCUT2D eigenvalue weighted by atomic mass is 10.2. The molecule has 3 rings (SSSR count). The molecule has 1 aliphatic heterocycles. The fourth-order valence-corrected chi connectivity index (χ4v) is 3.41. The fraction of sp³-hybridized carbons (Fsp3) is 0.455. The second-order valence-electron chi connectivity index (χ2n) is 6.95. The van der Waals surface area contributed by atoms with Crippen LogP contribution in [0, 0.1) is 0 Å². The van der Waals surface area contributed by atoms with Crippen molar-refractivity contribution >= 4 is 11.6 Å². The van der Waals surface area contributed by atoms with Gasteiger partial charge in [-0.25, -0.2) is 4.98 Å². The van der Waals surface area contributed by atoms with Crippen molar-refractivity contribution in [2.24, 2.45) is 0 Å². The van der Waals surface area contributed by atoms with Gasteiger partial charge in [-0.3, -0.25) is 9.69 Å². The van der Waals surface area contributed by atoms with Gasteiger partial charge in [0, 0.05) is 56.2 Å². The Morgan fingerprint density at radius 1 is 1.14 bits per heavy atom. The van der Waals surface area contributed by atoms with Crippen molar-refractivity contribution in [3.8, 4) is 11.6 Å². The van der Waals surface area contributed by atoms with Gasteiger partial charge >= 0.3 is 0 Å². The second kappa shape index (κ2) is 10.7. The summed E-state index contributed by atoms with van der Waals surface area (Å²) < 4.78 is 10.6. The molecule has 7 heteroatoms. The number of hydrogen-bond donors (Lipinski definition) is 1. The van der Waals surface area contributed by atoms with Crippen LogP contribution in [-0.4, -0.2) is 68.8 Å². The Bertz CT molecular complexity index is 774. The average molecular weight is 399 g/mol. The van der Waals surface area contributed by atoms with E-state index in [-0.39, 0.29) is 5.91 Å². The van der Waals surface area contributed by atoms with E-state index in [1.165, 1.54) is 5.69 Å². The third-order valence-electron chi connectivity index (χ3n) is 5.04. The molecule has 0 saturated carbocycles. The van der Waals surface area contributed by atoms with E-state index in [2.05, 4.69) is 32.2 Å². The number of carbonyl (C=O) groups excluding carboxylic acids is 1. The molecule has 1 aliphatic rings. The van der Waals surface area contributed by atoms with Crippen LogP contribution in [0.1, 0.15) is 23.7 Å². The van der Waals surface area contributed by atoms with Gasteiger partial charge in [0.2, 0.25) is 5.88 Å². The van der Waals surface area contributed by atoms with Gasteiger partial charge in [0.25, 0.3) is 5.91 Å². The van der Waals surface area contributed by atoms with Crippen LogP contribution in [0.15, 0.2) is 42.6 Å². The summed E-state index contributed by atoms with van der Waals surface area (Å²) in [6.07, 6.45) is 2.53. The van der Waals surface area contributed by atoms with Gasteiger partial charge in [-0.1, -0.05) is 0 Å². The molecule has 1 N–H and O–H groups in total. The fourth-order valence-electron chi connectivity index (χ4n) is 3.41. The maximum absolute atomic E-state index is 12.3. The molecule has 0 aliphatic carbocycles. The summed E-state index contributed by atoms with van der Waals surface area (Å²) in [7, 11) is 1.69. The highest BCUT2D eigenvalue weighted by Crippen LogP contribution is 2.20. The normalized spacial score (nSPS) is 14.5. The minimum Gasteiger partial charge on any atom is -0.497 e. The first-order chi connectivity index (χ1) is 14.2. The predicted octanol–water partition coefficient (Wildman–Crippen LogP) is 2.43. The first kappa shape index (κ1) is 20.9. The third-order valence-corrected chi connectivity index (χ3v) is 5.04. The van der Waals surface area contributed by atoms with Crippen molar-refractivity contribution in [3.05, 3.63) is 48.2 Å². The molecular weight excluding hydrogens is 368 g/mol. The molecule has 0 atom stereocenters. The summed E-state index contributed by atoms with van der Waals surface area (Å²) >= 11 is 0. The number of nitrogens with one attached hydrogen (secondary N) is 1. The van der Waals surface area contributed by atoms with E-state index < -0.39 is 0 Å². The molecule has 29 heavy (non-hydrogen) atoms. The van der Waals surface area contributed by atoms with Crippen molar-refractivity contribution < 1.29 is 14.3 Å². The van der Waals surface area contributed by atoms with Crippen molar-refractivity contribution in [2.45, 2.75) is 13.3 Å². The Labute approximate surface area is 172 Å². The van der Waals surface area contributed by atoms with E-state index in [1.807, 2.05) is 19.1 Å². The van der Waals surface area contributed by atoms with Crippen LogP contribution in [0.2, 0.25) is 0 Å². The van der Waals surface area contributed by atoms with Crippen LogP contribution in [0.3, 0.4) is 0 Å². The Hall–Kier alpha value is -2.80. The molecule has 7 nitrogen and oxygen atoms in total. The third kappa shape index (κ3) is 6.09. The molecular formula is C22H30N4O3. The molecule has 1 aromatic heterocycles.